The van der Waals surface area contributed by atoms with Crippen LogP contribution in [0.15, 0.2) is 53.6 Å². The van der Waals surface area contributed by atoms with Gasteiger partial charge in [0.2, 0.25) is 0 Å². The molecule has 2 heterocycles. The van der Waals surface area contributed by atoms with Crippen molar-refractivity contribution >= 4 is 11.7 Å². The first-order valence-electron chi connectivity index (χ1n) is 9.35. The van der Waals surface area contributed by atoms with Crippen LogP contribution in [0.4, 0.5) is 9.18 Å². The Kier molecular flexibility index (Phi) is 5.00. The molecule has 0 saturated heterocycles. The molecule has 2 aliphatic rings. The third kappa shape index (κ3) is 3.22. The number of benzene rings is 2. The van der Waals surface area contributed by atoms with Gasteiger partial charge in [-0.25, -0.2) is 14.2 Å². The van der Waals surface area contributed by atoms with E-state index in [1.165, 1.54) is 17.1 Å². The van der Waals surface area contributed by atoms with Crippen molar-refractivity contribution in [3.8, 4) is 5.75 Å². The lowest BCUT2D eigenvalue weighted by molar-refractivity contribution is 0.134. The molecule has 146 valence electrons. The molecule has 1 N–H and O–H groups in total. The number of nitrogens with zero attached hydrogens (tertiary/aromatic N) is 3. The number of carbonyl (C=O) groups excluding carboxylic acids is 1. The Hall–Kier alpha value is -2.93. The SMILES string of the molecule is CNCCN(C)C(=O)N1N=C2c3cc(F)ccc3OCC2C1c1ccccc1. The highest BCUT2D eigenvalue weighted by atomic mass is 19.1. The van der Waals surface area contributed by atoms with Crippen molar-refractivity contribution in [1.29, 1.82) is 0 Å². The zero-order valence-electron chi connectivity index (χ0n) is 15.9. The molecule has 0 radical (unpaired) electrons. The van der Waals surface area contributed by atoms with Gasteiger partial charge in [0.05, 0.1) is 24.3 Å². The summed E-state index contributed by atoms with van der Waals surface area (Å²) in [5.41, 5.74) is 2.29. The monoisotopic (exact) mass is 382 g/mol. The van der Waals surface area contributed by atoms with Gasteiger partial charge in [0.1, 0.15) is 11.6 Å². The van der Waals surface area contributed by atoms with Crippen molar-refractivity contribution in [1.82, 2.24) is 15.2 Å². The van der Waals surface area contributed by atoms with Gasteiger partial charge in [-0.05, 0) is 30.8 Å². The molecule has 2 aromatic carbocycles. The molecule has 2 unspecified atom stereocenters. The number of fused-ring (bicyclic) bond motifs is 3. The number of urea groups is 1. The molecule has 4 rings (SSSR count). The Bertz CT molecular complexity index is 903. The van der Waals surface area contributed by atoms with Gasteiger partial charge in [-0.3, -0.25) is 0 Å². The summed E-state index contributed by atoms with van der Waals surface area (Å²) in [5.74, 6) is 0.0947. The van der Waals surface area contributed by atoms with Gasteiger partial charge in [0, 0.05) is 25.7 Å². The van der Waals surface area contributed by atoms with E-state index in [1.807, 2.05) is 37.4 Å². The lowest BCUT2D eigenvalue weighted by Crippen LogP contribution is -2.43. The van der Waals surface area contributed by atoms with Crippen molar-refractivity contribution in [2.75, 3.05) is 33.8 Å². The Morgan fingerprint density at radius 1 is 1.32 bits per heavy atom. The second-order valence-electron chi connectivity index (χ2n) is 7.05. The van der Waals surface area contributed by atoms with Crippen molar-refractivity contribution in [2.45, 2.75) is 6.04 Å². The maximum Gasteiger partial charge on any atom is 0.340 e. The Labute approximate surface area is 163 Å². The number of amides is 2. The van der Waals surface area contributed by atoms with E-state index in [1.54, 1.807) is 18.0 Å². The minimum Gasteiger partial charge on any atom is -0.492 e. The number of halogens is 1. The molecule has 7 heteroatoms. The summed E-state index contributed by atoms with van der Waals surface area (Å²) >= 11 is 0. The maximum absolute atomic E-state index is 13.9. The predicted molar refractivity (Wildman–Crippen MR) is 105 cm³/mol. The smallest absolute Gasteiger partial charge is 0.340 e. The number of hydrogen-bond donors (Lipinski definition) is 1. The summed E-state index contributed by atoms with van der Waals surface area (Å²) in [6, 6.07) is 13.7. The topological polar surface area (TPSA) is 57.2 Å². The average Bonchev–Trinajstić information content (AvgIpc) is 3.12. The lowest BCUT2D eigenvalue weighted by atomic mass is 9.86. The fourth-order valence-electron chi connectivity index (χ4n) is 3.74. The first kappa shape index (κ1) is 18.4. The second-order valence-corrected chi connectivity index (χ2v) is 7.05. The number of nitrogens with one attached hydrogen (secondary N) is 1. The molecule has 0 fully saturated rings. The average molecular weight is 382 g/mol. The predicted octanol–water partition coefficient (Wildman–Crippen LogP) is 2.87. The van der Waals surface area contributed by atoms with Gasteiger partial charge in [-0.15, -0.1) is 0 Å². The number of hydrazone groups is 1. The van der Waals surface area contributed by atoms with Crippen LogP contribution >= 0.6 is 0 Å². The summed E-state index contributed by atoms with van der Waals surface area (Å²) in [7, 11) is 3.60. The van der Waals surface area contributed by atoms with Crippen molar-refractivity contribution in [3.05, 3.63) is 65.5 Å². The third-order valence-electron chi connectivity index (χ3n) is 5.21. The Morgan fingerprint density at radius 3 is 2.86 bits per heavy atom. The highest BCUT2D eigenvalue weighted by molar-refractivity contribution is 6.07. The van der Waals surface area contributed by atoms with Gasteiger partial charge in [-0.2, -0.15) is 5.10 Å². The van der Waals surface area contributed by atoms with E-state index >= 15 is 0 Å². The lowest BCUT2D eigenvalue weighted by Gasteiger charge is -2.31. The summed E-state index contributed by atoms with van der Waals surface area (Å²) in [4.78, 5) is 14.8. The summed E-state index contributed by atoms with van der Waals surface area (Å²) in [6.45, 7) is 1.63. The molecule has 2 aliphatic heterocycles. The minimum absolute atomic E-state index is 0.154. The van der Waals surface area contributed by atoms with E-state index in [2.05, 4.69) is 10.4 Å². The van der Waals surface area contributed by atoms with Gasteiger partial charge in [-0.1, -0.05) is 30.3 Å². The molecule has 2 amide bonds. The molecular weight excluding hydrogens is 359 g/mol. The van der Waals surface area contributed by atoms with Crippen molar-refractivity contribution in [2.24, 2.45) is 11.0 Å². The second kappa shape index (κ2) is 7.59. The highest BCUT2D eigenvalue weighted by Gasteiger charge is 2.45. The largest absolute Gasteiger partial charge is 0.492 e. The molecule has 0 aromatic heterocycles. The molecule has 0 saturated carbocycles. The van der Waals surface area contributed by atoms with Crippen molar-refractivity contribution in [3.63, 3.8) is 0 Å². The van der Waals surface area contributed by atoms with Crippen LogP contribution in [-0.2, 0) is 0 Å². The molecule has 2 atom stereocenters. The van der Waals surface area contributed by atoms with E-state index in [-0.39, 0.29) is 23.8 Å². The zero-order valence-corrected chi connectivity index (χ0v) is 15.9. The molecule has 0 bridgehead atoms. The van der Waals surface area contributed by atoms with Crippen molar-refractivity contribution < 1.29 is 13.9 Å². The van der Waals surface area contributed by atoms with Gasteiger partial charge >= 0.3 is 6.03 Å². The van der Waals surface area contributed by atoms with E-state index in [9.17, 15) is 9.18 Å². The van der Waals surface area contributed by atoms with Crippen LogP contribution in [0.1, 0.15) is 17.2 Å². The summed E-state index contributed by atoms with van der Waals surface area (Å²) in [6.07, 6.45) is 0. The maximum atomic E-state index is 13.9. The zero-order chi connectivity index (χ0) is 19.7. The Balaban J connectivity index is 1.74. The van der Waals surface area contributed by atoms with Gasteiger partial charge in [0.15, 0.2) is 0 Å². The van der Waals surface area contributed by atoms with Gasteiger partial charge in [0.25, 0.3) is 0 Å². The van der Waals surface area contributed by atoms with E-state index < -0.39 is 0 Å². The highest BCUT2D eigenvalue weighted by Crippen LogP contribution is 2.42. The number of ether oxygens (including phenoxy) is 1. The molecule has 0 spiro atoms. The molecule has 6 nitrogen and oxygen atoms in total. The van der Waals surface area contributed by atoms with E-state index in [0.29, 0.717) is 36.7 Å². The first-order valence-corrected chi connectivity index (χ1v) is 9.35. The van der Waals surface area contributed by atoms with Crippen LogP contribution in [0.25, 0.3) is 0 Å². The minimum atomic E-state index is -0.349. The fraction of sp³-hybridized carbons (Fsp3) is 0.333. The Morgan fingerprint density at radius 2 is 2.11 bits per heavy atom. The summed E-state index contributed by atoms with van der Waals surface area (Å²) < 4.78 is 19.8. The number of likely N-dealkylation sites (N-methyl/N-ethyl adjacent to an activating group) is 2. The molecule has 28 heavy (non-hydrogen) atoms. The molecule has 0 aliphatic carbocycles. The first-order chi connectivity index (χ1) is 13.6. The standard InChI is InChI=1S/C21H23FN4O2/c1-23-10-11-25(2)21(27)26-20(14-6-4-3-5-7-14)17-13-28-18-9-8-15(22)12-16(18)19(17)24-26/h3-9,12,17,20,23H,10-11,13H2,1-2H3. The van der Waals surface area contributed by atoms with Crippen LogP contribution in [-0.4, -0.2) is 55.4 Å². The van der Waals surface area contributed by atoms with Crippen LogP contribution in [0.3, 0.4) is 0 Å². The molecule has 2 aromatic rings. The number of rotatable bonds is 4. The van der Waals surface area contributed by atoms with Gasteiger partial charge < -0.3 is 15.0 Å². The van der Waals surface area contributed by atoms with E-state index in [4.69, 9.17) is 4.74 Å². The fourth-order valence-corrected chi connectivity index (χ4v) is 3.74. The summed E-state index contributed by atoms with van der Waals surface area (Å²) in [5, 5.41) is 9.24. The van der Waals surface area contributed by atoms with Crippen LogP contribution in [0, 0.1) is 11.7 Å². The quantitative estimate of drug-likeness (QED) is 0.885. The van der Waals surface area contributed by atoms with Crippen LogP contribution in [0.2, 0.25) is 0 Å². The normalized spacial score (nSPS) is 20.1. The molecular formula is C21H23FN4O2. The van der Waals surface area contributed by atoms with E-state index in [0.717, 1.165) is 5.56 Å². The third-order valence-corrected chi connectivity index (χ3v) is 5.21. The van der Waals surface area contributed by atoms with Crippen LogP contribution < -0.4 is 10.1 Å². The number of hydrogen-bond acceptors (Lipinski definition) is 4. The number of carbonyl (C=O) groups is 1. The van der Waals surface area contributed by atoms with Crippen LogP contribution in [0.5, 0.6) is 5.75 Å².